The Labute approximate surface area is 155 Å². The first-order chi connectivity index (χ1) is 12.8. The maximum absolute atomic E-state index is 12.8. The molecule has 2 aromatic carbocycles. The first-order valence-corrected chi connectivity index (χ1v) is 8.91. The van der Waals surface area contributed by atoms with Crippen molar-refractivity contribution in [1.29, 1.82) is 0 Å². The van der Waals surface area contributed by atoms with Crippen molar-refractivity contribution in [2.24, 2.45) is 0 Å². The molecule has 0 bridgehead atoms. The summed E-state index contributed by atoms with van der Waals surface area (Å²) in [6.45, 7) is 0. The van der Waals surface area contributed by atoms with E-state index in [0.717, 1.165) is 12.1 Å². The molecule has 0 saturated carbocycles. The SMILES string of the molecule is COc1ccc([N+](=O)[O-])cc1S(=O)(=O)Nc1cc(OC)c(OC)c(OC)c1. The lowest BCUT2D eigenvalue weighted by atomic mass is 10.2. The average Bonchev–Trinajstić information content (AvgIpc) is 2.66. The second kappa shape index (κ2) is 7.99. The van der Waals surface area contributed by atoms with Crippen molar-refractivity contribution in [2.45, 2.75) is 4.90 Å². The van der Waals surface area contributed by atoms with Crippen LogP contribution in [0.3, 0.4) is 0 Å². The van der Waals surface area contributed by atoms with Gasteiger partial charge in [-0.3, -0.25) is 14.8 Å². The van der Waals surface area contributed by atoms with Crippen molar-refractivity contribution in [3.63, 3.8) is 0 Å². The summed E-state index contributed by atoms with van der Waals surface area (Å²) in [7, 11) is 1.24. The molecule has 0 saturated heterocycles. The number of sulfonamides is 1. The van der Waals surface area contributed by atoms with Crippen LogP contribution in [-0.2, 0) is 10.0 Å². The lowest BCUT2D eigenvalue weighted by Gasteiger charge is -2.16. The van der Waals surface area contributed by atoms with E-state index in [-0.39, 0.29) is 39.3 Å². The molecule has 0 heterocycles. The van der Waals surface area contributed by atoms with Gasteiger partial charge in [-0.1, -0.05) is 0 Å². The number of hydrogen-bond donors (Lipinski definition) is 1. The normalized spacial score (nSPS) is 10.8. The molecule has 0 aliphatic rings. The van der Waals surface area contributed by atoms with Crippen molar-refractivity contribution in [1.82, 2.24) is 0 Å². The first-order valence-electron chi connectivity index (χ1n) is 7.42. The molecule has 1 N–H and O–H groups in total. The number of hydrogen-bond acceptors (Lipinski definition) is 8. The largest absolute Gasteiger partial charge is 0.495 e. The maximum atomic E-state index is 12.8. The van der Waals surface area contributed by atoms with Gasteiger partial charge in [0.2, 0.25) is 5.75 Å². The molecule has 11 heteroatoms. The highest BCUT2D eigenvalue weighted by molar-refractivity contribution is 7.92. The fraction of sp³-hybridized carbons (Fsp3) is 0.250. The Morgan fingerprint density at radius 1 is 0.889 bits per heavy atom. The third-order valence-electron chi connectivity index (χ3n) is 3.56. The molecular formula is C16H18N2O8S. The van der Waals surface area contributed by atoms with Crippen molar-refractivity contribution < 1.29 is 32.3 Å². The van der Waals surface area contributed by atoms with E-state index in [4.69, 9.17) is 18.9 Å². The molecule has 0 aliphatic heterocycles. The summed E-state index contributed by atoms with van der Waals surface area (Å²) < 4.78 is 48.5. The molecule has 0 amide bonds. The van der Waals surface area contributed by atoms with E-state index in [9.17, 15) is 18.5 Å². The van der Waals surface area contributed by atoms with Crippen LogP contribution in [0, 0.1) is 10.1 Å². The van der Waals surface area contributed by atoms with Crippen molar-refractivity contribution in [3.8, 4) is 23.0 Å². The van der Waals surface area contributed by atoms with Crippen molar-refractivity contribution >= 4 is 21.4 Å². The number of non-ortho nitro benzene ring substituents is 1. The van der Waals surface area contributed by atoms with Gasteiger partial charge in [0.25, 0.3) is 15.7 Å². The Morgan fingerprint density at radius 3 is 1.89 bits per heavy atom. The van der Waals surface area contributed by atoms with Crippen LogP contribution in [0.15, 0.2) is 35.2 Å². The Balaban J connectivity index is 2.54. The number of benzene rings is 2. The number of nitro benzene ring substituents is 1. The standard InChI is InChI=1S/C16H18N2O8S/c1-23-12-6-5-11(18(19)20)9-15(12)27(21,22)17-10-7-13(24-2)16(26-4)14(8-10)25-3/h5-9,17H,1-4H3. The number of methoxy groups -OCH3 is 4. The molecule has 146 valence electrons. The predicted octanol–water partition coefficient (Wildman–Crippen LogP) is 2.43. The Hall–Kier alpha value is -3.21. The third-order valence-corrected chi connectivity index (χ3v) is 4.97. The van der Waals surface area contributed by atoms with Crippen LogP contribution in [0.25, 0.3) is 0 Å². The number of nitro groups is 1. The van der Waals surface area contributed by atoms with Crippen LogP contribution in [0.4, 0.5) is 11.4 Å². The number of nitrogens with zero attached hydrogens (tertiary/aromatic N) is 1. The van der Waals surface area contributed by atoms with E-state index in [1.807, 2.05) is 0 Å². The van der Waals surface area contributed by atoms with Crippen LogP contribution < -0.4 is 23.7 Å². The zero-order valence-electron chi connectivity index (χ0n) is 15.0. The number of ether oxygens (including phenoxy) is 4. The summed E-state index contributed by atoms with van der Waals surface area (Å²) in [4.78, 5) is 9.90. The maximum Gasteiger partial charge on any atom is 0.271 e. The van der Waals surface area contributed by atoms with Gasteiger partial charge in [-0.2, -0.15) is 0 Å². The molecule has 0 fully saturated rings. The second-order valence-electron chi connectivity index (χ2n) is 5.11. The molecule has 10 nitrogen and oxygen atoms in total. The summed E-state index contributed by atoms with van der Waals surface area (Å²) in [5, 5.41) is 11.0. The van der Waals surface area contributed by atoms with Gasteiger partial charge in [-0.15, -0.1) is 0 Å². The van der Waals surface area contributed by atoms with Gasteiger partial charge in [0, 0.05) is 24.3 Å². The second-order valence-corrected chi connectivity index (χ2v) is 6.76. The van der Waals surface area contributed by atoms with Crippen LogP contribution in [0.2, 0.25) is 0 Å². The van der Waals surface area contributed by atoms with E-state index >= 15 is 0 Å². The van der Waals surface area contributed by atoms with Gasteiger partial charge >= 0.3 is 0 Å². The third kappa shape index (κ3) is 4.14. The topological polar surface area (TPSA) is 126 Å². The fourth-order valence-electron chi connectivity index (χ4n) is 2.34. The lowest BCUT2D eigenvalue weighted by molar-refractivity contribution is -0.385. The quantitative estimate of drug-likeness (QED) is 0.531. The van der Waals surface area contributed by atoms with E-state index < -0.39 is 14.9 Å². The van der Waals surface area contributed by atoms with Crippen LogP contribution in [-0.4, -0.2) is 41.8 Å². The number of rotatable bonds is 8. The summed E-state index contributed by atoms with van der Waals surface area (Å²) in [5.74, 6) is 0.720. The minimum Gasteiger partial charge on any atom is -0.495 e. The zero-order valence-corrected chi connectivity index (χ0v) is 15.8. The molecule has 0 atom stereocenters. The summed E-state index contributed by atoms with van der Waals surface area (Å²) >= 11 is 0. The van der Waals surface area contributed by atoms with Gasteiger partial charge in [0.05, 0.1) is 39.0 Å². The van der Waals surface area contributed by atoms with E-state index in [0.29, 0.717) is 0 Å². The van der Waals surface area contributed by atoms with Gasteiger partial charge < -0.3 is 18.9 Å². The van der Waals surface area contributed by atoms with Gasteiger partial charge in [0.15, 0.2) is 11.5 Å². The van der Waals surface area contributed by atoms with Crippen molar-refractivity contribution in [2.75, 3.05) is 33.2 Å². The highest BCUT2D eigenvalue weighted by Crippen LogP contribution is 2.40. The van der Waals surface area contributed by atoms with E-state index in [2.05, 4.69) is 4.72 Å². The lowest BCUT2D eigenvalue weighted by Crippen LogP contribution is -2.14. The minimum absolute atomic E-state index is 0.0412. The Morgan fingerprint density at radius 2 is 1.44 bits per heavy atom. The smallest absolute Gasteiger partial charge is 0.271 e. The molecule has 0 unspecified atom stereocenters. The molecule has 0 radical (unpaired) electrons. The van der Waals surface area contributed by atoms with E-state index in [1.54, 1.807) is 0 Å². The Kier molecular flexibility index (Phi) is 5.95. The first kappa shape index (κ1) is 20.1. The minimum atomic E-state index is -4.21. The molecule has 2 aromatic rings. The van der Waals surface area contributed by atoms with Crippen LogP contribution in [0.1, 0.15) is 0 Å². The van der Waals surface area contributed by atoms with Gasteiger partial charge in [-0.25, -0.2) is 8.42 Å². The van der Waals surface area contributed by atoms with Crippen molar-refractivity contribution in [3.05, 3.63) is 40.4 Å². The molecule has 0 spiro atoms. The molecular weight excluding hydrogens is 380 g/mol. The number of nitrogens with one attached hydrogen (secondary N) is 1. The predicted molar refractivity (Wildman–Crippen MR) is 96.6 cm³/mol. The number of anilines is 1. The monoisotopic (exact) mass is 398 g/mol. The molecule has 0 aliphatic carbocycles. The summed E-state index contributed by atoms with van der Waals surface area (Å²) in [6.07, 6.45) is 0. The zero-order chi connectivity index (χ0) is 20.2. The average molecular weight is 398 g/mol. The van der Waals surface area contributed by atoms with Gasteiger partial charge in [0.1, 0.15) is 10.6 Å². The highest BCUT2D eigenvalue weighted by atomic mass is 32.2. The summed E-state index contributed by atoms with van der Waals surface area (Å²) in [5.41, 5.74) is -0.279. The molecule has 27 heavy (non-hydrogen) atoms. The van der Waals surface area contributed by atoms with Gasteiger partial charge in [-0.05, 0) is 6.07 Å². The Bertz CT molecular complexity index is 934. The summed E-state index contributed by atoms with van der Waals surface area (Å²) in [6, 6.07) is 6.06. The molecule has 0 aromatic heterocycles. The molecule has 2 rings (SSSR count). The van der Waals surface area contributed by atoms with Crippen LogP contribution >= 0.6 is 0 Å². The highest BCUT2D eigenvalue weighted by Gasteiger charge is 2.24. The van der Waals surface area contributed by atoms with Crippen LogP contribution in [0.5, 0.6) is 23.0 Å². The van der Waals surface area contributed by atoms with E-state index in [1.165, 1.54) is 46.6 Å². The fourth-order valence-corrected chi connectivity index (χ4v) is 3.57.